The second-order valence-electron chi connectivity index (χ2n) is 10.4. The molecule has 0 amide bonds. The standard InChI is InChI=1S/C29H44ClN3O4/c1-19(10-12-23-27(34)24(18-31-36-9)21(3)26(30)28(23)35-8)14-15-29(5)20(2)11-13-25(22(29)4)32-37-17-16-33(6)7/h10,14-15,18,20,22,34H,11-13,16-17H2,1-9H3/b15-14+,19-10+,31-18+,32-25+/t20-,22+,29+/m1/s1. The third kappa shape index (κ3) is 7.51. The van der Waals surface area contributed by atoms with Gasteiger partial charge in [0.2, 0.25) is 0 Å². The van der Waals surface area contributed by atoms with E-state index in [1.165, 1.54) is 13.3 Å². The molecule has 0 unspecified atom stereocenters. The number of oxime groups is 2. The number of nitrogens with zero attached hydrogens (tertiary/aromatic N) is 3. The monoisotopic (exact) mass is 533 g/mol. The van der Waals surface area contributed by atoms with Gasteiger partial charge in [-0.1, -0.05) is 66.5 Å². The Hall–Kier alpha value is -2.51. The minimum atomic E-state index is -0.0477. The van der Waals surface area contributed by atoms with E-state index in [1.54, 1.807) is 7.11 Å². The largest absolute Gasteiger partial charge is 0.507 e. The quantitative estimate of drug-likeness (QED) is 0.154. The van der Waals surface area contributed by atoms with Crippen LogP contribution in [0.1, 0.15) is 57.2 Å². The normalized spacial score (nSPS) is 24.0. The van der Waals surface area contributed by atoms with Crippen LogP contribution in [0.25, 0.3) is 0 Å². The molecule has 2 rings (SSSR count). The lowest BCUT2D eigenvalue weighted by Crippen LogP contribution is -2.40. The van der Waals surface area contributed by atoms with Crippen molar-refractivity contribution in [3.05, 3.63) is 45.5 Å². The Balaban J connectivity index is 2.27. The first-order chi connectivity index (χ1) is 17.5. The van der Waals surface area contributed by atoms with Crippen molar-refractivity contribution in [3.8, 4) is 11.5 Å². The Morgan fingerprint density at radius 3 is 2.59 bits per heavy atom. The van der Waals surface area contributed by atoms with E-state index in [2.05, 4.69) is 61.1 Å². The van der Waals surface area contributed by atoms with E-state index in [1.807, 2.05) is 21.0 Å². The summed E-state index contributed by atoms with van der Waals surface area (Å²) in [5.41, 5.74) is 3.96. The maximum atomic E-state index is 11.0. The number of hydrogen-bond acceptors (Lipinski definition) is 7. The van der Waals surface area contributed by atoms with Crippen LogP contribution in [-0.4, -0.2) is 63.4 Å². The first-order valence-electron chi connectivity index (χ1n) is 12.8. The molecule has 0 aliphatic heterocycles. The van der Waals surface area contributed by atoms with Gasteiger partial charge in [0.05, 0.1) is 24.1 Å². The topological polar surface area (TPSA) is 75.9 Å². The Bertz CT molecular complexity index is 1050. The molecule has 0 heterocycles. The van der Waals surface area contributed by atoms with Crippen LogP contribution in [-0.2, 0) is 16.1 Å². The van der Waals surface area contributed by atoms with Gasteiger partial charge >= 0.3 is 0 Å². The summed E-state index contributed by atoms with van der Waals surface area (Å²) in [6.45, 7) is 12.2. The molecule has 206 valence electrons. The second kappa shape index (κ2) is 13.9. The molecule has 8 heteroatoms. The third-order valence-electron chi connectivity index (χ3n) is 7.71. The van der Waals surface area contributed by atoms with Crippen LogP contribution in [0.15, 0.2) is 34.1 Å². The zero-order chi connectivity index (χ0) is 27.8. The van der Waals surface area contributed by atoms with Crippen LogP contribution in [0.2, 0.25) is 5.02 Å². The number of rotatable bonds is 11. The Labute approximate surface area is 227 Å². The molecule has 37 heavy (non-hydrogen) atoms. The third-order valence-corrected chi connectivity index (χ3v) is 8.17. The summed E-state index contributed by atoms with van der Waals surface area (Å²) in [4.78, 5) is 12.5. The van der Waals surface area contributed by atoms with Gasteiger partial charge in [-0.25, -0.2) is 0 Å². The average Bonchev–Trinajstić information content (AvgIpc) is 2.86. The van der Waals surface area contributed by atoms with Gasteiger partial charge in [0, 0.05) is 23.6 Å². The fraction of sp³-hybridized carbons (Fsp3) is 0.586. The molecular weight excluding hydrogens is 490 g/mol. The average molecular weight is 534 g/mol. The highest BCUT2D eigenvalue weighted by Gasteiger charge is 2.41. The molecule has 1 aliphatic carbocycles. The zero-order valence-electron chi connectivity index (χ0n) is 23.9. The molecule has 7 nitrogen and oxygen atoms in total. The predicted octanol–water partition coefficient (Wildman–Crippen LogP) is 6.39. The summed E-state index contributed by atoms with van der Waals surface area (Å²) in [6, 6.07) is 0. The molecule has 0 spiro atoms. The molecule has 0 saturated heterocycles. The van der Waals surface area contributed by atoms with Crippen molar-refractivity contribution in [2.45, 2.75) is 53.9 Å². The maximum Gasteiger partial charge on any atom is 0.144 e. The molecule has 1 saturated carbocycles. The predicted molar refractivity (Wildman–Crippen MR) is 153 cm³/mol. The van der Waals surface area contributed by atoms with E-state index in [-0.39, 0.29) is 17.1 Å². The number of phenols is 1. The van der Waals surface area contributed by atoms with Crippen molar-refractivity contribution in [1.82, 2.24) is 4.90 Å². The van der Waals surface area contributed by atoms with Crippen molar-refractivity contribution in [1.29, 1.82) is 0 Å². The minimum absolute atomic E-state index is 0.0477. The van der Waals surface area contributed by atoms with Crippen LogP contribution in [0.5, 0.6) is 11.5 Å². The number of allylic oxidation sites excluding steroid dienone is 4. The lowest BCUT2D eigenvalue weighted by atomic mass is 9.61. The van der Waals surface area contributed by atoms with Gasteiger partial charge in [0.25, 0.3) is 0 Å². The van der Waals surface area contributed by atoms with E-state index >= 15 is 0 Å². The number of benzene rings is 1. The molecule has 3 atom stereocenters. The molecule has 1 aromatic carbocycles. The van der Waals surface area contributed by atoms with Crippen molar-refractivity contribution >= 4 is 23.5 Å². The van der Waals surface area contributed by atoms with Gasteiger partial charge in [-0.2, -0.15) is 0 Å². The molecule has 1 fully saturated rings. The fourth-order valence-electron chi connectivity index (χ4n) is 4.64. The Morgan fingerprint density at radius 2 is 1.97 bits per heavy atom. The summed E-state index contributed by atoms with van der Waals surface area (Å²) in [5, 5.41) is 19.7. The first-order valence-corrected chi connectivity index (χ1v) is 13.2. The summed E-state index contributed by atoms with van der Waals surface area (Å²) >= 11 is 6.56. The van der Waals surface area contributed by atoms with Gasteiger partial charge in [-0.05, 0) is 64.1 Å². The van der Waals surface area contributed by atoms with E-state index < -0.39 is 0 Å². The number of phenolic OH excluding ortho intramolecular Hbond substituents is 1. The highest BCUT2D eigenvalue weighted by molar-refractivity contribution is 6.33. The van der Waals surface area contributed by atoms with Crippen molar-refractivity contribution in [2.24, 2.45) is 27.6 Å². The molecular formula is C29H44ClN3O4. The lowest BCUT2D eigenvalue weighted by molar-refractivity contribution is 0.116. The Morgan fingerprint density at radius 1 is 1.27 bits per heavy atom. The van der Waals surface area contributed by atoms with Crippen molar-refractivity contribution in [2.75, 3.05) is 41.5 Å². The highest BCUT2D eigenvalue weighted by atomic mass is 35.5. The smallest absolute Gasteiger partial charge is 0.144 e. The van der Waals surface area contributed by atoms with E-state index in [9.17, 15) is 5.11 Å². The van der Waals surface area contributed by atoms with E-state index in [4.69, 9.17) is 26.0 Å². The van der Waals surface area contributed by atoms with Gasteiger partial charge in [0.15, 0.2) is 0 Å². The molecule has 0 aromatic heterocycles. The van der Waals surface area contributed by atoms with E-state index in [0.29, 0.717) is 46.4 Å². The molecule has 1 aliphatic rings. The number of likely N-dealkylation sites (N-methyl/N-ethyl adjacent to an activating group) is 1. The van der Waals surface area contributed by atoms with Gasteiger partial charge in [-0.15, -0.1) is 0 Å². The maximum absolute atomic E-state index is 11.0. The molecule has 0 radical (unpaired) electrons. The summed E-state index contributed by atoms with van der Waals surface area (Å²) < 4.78 is 5.55. The van der Waals surface area contributed by atoms with Crippen molar-refractivity contribution in [3.63, 3.8) is 0 Å². The zero-order valence-corrected chi connectivity index (χ0v) is 24.6. The number of hydrogen-bond donors (Lipinski definition) is 1. The summed E-state index contributed by atoms with van der Waals surface area (Å²) in [6.07, 6.45) is 10.5. The summed E-state index contributed by atoms with van der Waals surface area (Å²) in [5.74, 6) is 1.33. The number of methoxy groups -OCH3 is 1. The first kappa shape index (κ1) is 30.7. The highest BCUT2D eigenvalue weighted by Crippen LogP contribution is 2.45. The van der Waals surface area contributed by atoms with Crippen LogP contribution >= 0.6 is 11.6 Å². The van der Waals surface area contributed by atoms with E-state index in [0.717, 1.165) is 30.7 Å². The molecule has 1 N–H and O–H groups in total. The number of aromatic hydroxyl groups is 1. The lowest BCUT2D eigenvalue weighted by Gasteiger charge is -2.43. The van der Waals surface area contributed by atoms with Crippen LogP contribution in [0, 0.1) is 24.2 Å². The van der Waals surface area contributed by atoms with Crippen LogP contribution < -0.4 is 4.74 Å². The Kier molecular flexibility index (Phi) is 11.5. The van der Waals surface area contributed by atoms with Crippen LogP contribution in [0.3, 0.4) is 0 Å². The number of halogens is 1. The number of ether oxygens (including phenoxy) is 1. The van der Waals surface area contributed by atoms with Crippen molar-refractivity contribution < 1.29 is 19.5 Å². The molecule has 0 bridgehead atoms. The second-order valence-corrected chi connectivity index (χ2v) is 10.7. The fourth-order valence-corrected chi connectivity index (χ4v) is 4.93. The summed E-state index contributed by atoms with van der Waals surface area (Å²) in [7, 11) is 7.06. The minimum Gasteiger partial charge on any atom is -0.507 e. The van der Waals surface area contributed by atoms with Gasteiger partial charge < -0.3 is 24.4 Å². The SMILES string of the molecule is CO/N=C/c1c(C)c(Cl)c(OC)c(C/C=C(C)/C=C/[C@@]2(C)[C@H](C)CC/C(=N\OCCN(C)C)[C@@H]2C)c1O. The molecule has 1 aromatic rings. The van der Waals surface area contributed by atoms with Crippen LogP contribution in [0.4, 0.5) is 0 Å². The van der Waals surface area contributed by atoms with Gasteiger partial charge in [0.1, 0.15) is 25.2 Å². The van der Waals surface area contributed by atoms with Gasteiger partial charge in [-0.3, -0.25) is 0 Å².